The third-order valence-electron chi connectivity index (χ3n) is 3.61. The lowest BCUT2D eigenvalue weighted by Crippen LogP contribution is -2.19. The molecule has 0 bridgehead atoms. The number of nitrogens with two attached hydrogens (primary N) is 1. The highest BCUT2D eigenvalue weighted by molar-refractivity contribution is 5.60. The highest BCUT2D eigenvalue weighted by atomic mass is 15.1. The van der Waals surface area contributed by atoms with Crippen LogP contribution in [0.15, 0.2) is 18.2 Å². The maximum Gasteiger partial charge on any atom is 0.0387 e. The summed E-state index contributed by atoms with van der Waals surface area (Å²) in [5.41, 5.74) is 9.34. The van der Waals surface area contributed by atoms with E-state index in [2.05, 4.69) is 36.9 Å². The van der Waals surface area contributed by atoms with Gasteiger partial charge in [-0.1, -0.05) is 19.4 Å². The third-order valence-corrected chi connectivity index (χ3v) is 3.61. The van der Waals surface area contributed by atoms with Gasteiger partial charge in [0, 0.05) is 24.5 Å². The molecule has 0 radical (unpaired) electrons. The molecule has 1 saturated heterocycles. The molecule has 1 aromatic rings. The molecule has 2 nitrogen and oxygen atoms in total. The minimum absolute atomic E-state index is 0.882. The van der Waals surface area contributed by atoms with Crippen LogP contribution in [0.1, 0.15) is 31.7 Å². The topological polar surface area (TPSA) is 29.3 Å². The minimum atomic E-state index is 0.882. The lowest BCUT2D eigenvalue weighted by Gasteiger charge is -2.19. The number of aryl methyl sites for hydroxylation is 1. The van der Waals surface area contributed by atoms with E-state index in [4.69, 9.17) is 5.73 Å². The summed E-state index contributed by atoms with van der Waals surface area (Å²) in [7, 11) is 0. The molecule has 1 aromatic carbocycles. The summed E-state index contributed by atoms with van der Waals surface area (Å²) in [5, 5.41) is 0. The summed E-state index contributed by atoms with van der Waals surface area (Å²) in [4.78, 5) is 2.47. The van der Waals surface area contributed by atoms with Crippen LogP contribution in [0.3, 0.4) is 0 Å². The molecular weight excluding hydrogens is 196 g/mol. The Hall–Kier alpha value is -1.18. The molecule has 1 aliphatic heterocycles. The lowest BCUT2D eigenvalue weighted by molar-refractivity contribution is 0.530. The van der Waals surface area contributed by atoms with Gasteiger partial charge in [0.05, 0.1) is 0 Å². The van der Waals surface area contributed by atoms with Crippen molar-refractivity contribution in [3.05, 3.63) is 23.8 Å². The van der Waals surface area contributed by atoms with Gasteiger partial charge < -0.3 is 10.6 Å². The SMILES string of the molecule is CCCC1CCN(c2ccc(C)c(N)c2)C1. The summed E-state index contributed by atoms with van der Waals surface area (Å²) in [5.74, 6) is 0.882. The van der Waals surface area contributed by atoms with Crippen molar-refractivity contribution in [2.24, 2.45) is 5.92 Å². The van der Waals surface area contributed by atoms with Gasteiger partial charge in [-0.05, 0) is 43.4 Å². The van der Waals surface area contributed by atoms with E-state index in [0.29, 0.717) is 0 Å². The van der Waals surface area contributed by atoms with Gasteiger partial charge >= 0.3 is 0 Å². The molecule has 1 atom stereocenters. The Morgan fingerprint density at radius 1 is 1.44 bits per heavy atom. The molecule has 2 rings (SSSR count). The Labute approximate surface area is 98.4 Å². The molecule has 1 fully saturated rings. The second-order valence-electron chi connectivity index (χ2n) is 4.93. The molecule has 2 heteroatoms. The van der Waals surface area contributed by atoms with Crippen LogP contribution < -0.4 is 10.6 Å². The van der Waals surface area contributed by atoms with Crippen LogP contribution in [0.5, 0.6) is 0 Å². The largest absolute Gasteiger partial charge is 0.398 e. The van der Waals surface area contributed by atoms with E-state index in [1.807, 2.05) is 0 Å². The fourth-order valence-corrected chi connectivity index (χ4v) is 2.54. The molecule has 16 heavy (non-hydrogen) atoms. The summed E-state index contributed by atoms with van der Waals surface area (Å²) in [6.07, 6.45) is 3.99. The van der Waals surface area contributed by atoms with Gasteiger partial charge in [0.1, 0.15) is 0 Å². The van der Waals surface area contributed by atoms with Crippen molar-refractivity contribution in [1.29, 1.82) is 0 Å². The van der Waals surface area contributed by atoms with Crippen molar-refractivity contribution in [3.8, 4) is 0 Å². The quantitative estimate of drug-likeness (QED) is 0.789. The first-order valence-electron chi connectivity index (χ1n) is 6.31. The Balaban J connectivity index is 2.05. The van der Waals surface area contributed by atoms with Crippen LogP contribution in [0.4, 0.5) is 11.4 Å². The summed E-state index contributed by atoms with van der Waals surface area (Å²) < 4.78 is 0. The number of hydrogen-bond donors (Lipinski definition) is 1. The molecule has 1 aliphatic rings. The fourth-order valence-electron chi connectivity index (χ4n) is 2.54. The van der Waals surface area contributed by atoms with Crippen molar-refractivity contribution >= 4 is 11.4 Å². The Morgan fingerprint density at radius 3 is 2.94 bits per heavy atom. The highest BCUT2D eigenvalue weighted by Gasteiger charge is 2.21. The van der Waals surface area contributed by atoms with E-state index < -0.39 is 0 Å². The fraction of sp³-hybridized carbons (Fsp3) is 0.571. The van der Waals surface area contributed by atoms with E-state index >= 15 is 0 Å². The zero-order valence-corrected chi connectivity index (χ0v) is 10.4. The number of rotatable bonds is 3. The first kappa shape index (κ1) is 11.3. The lowest BCUT2D eigenvalue weighted by atomic mass is 10.0. The van der Waals surface area contributed by atoms with Crippen LogP contribution in [-0.4, -0.2) is 13.1 Å². The van der Waals surface area contributed by atoms with Crippen LogP contribution in [0.2, 0.25) is 0 Å². The van der Waals surface area contributed by atoms with E-state index in [1.54, 1.807) is 0 Å². The number of hydrogen-bond acceptors (Lipinski definition) is 2. The zero-order chi connectivity index (χ0) is 11.5. The molecule has 0 spiro atoms. The number of anilines is 2. The number of benzene rings is 1. The minimum Gasteiger partial charge on any atom is -0.398 e. The average Bonchev–Trinajstić information content (AvgIpc) is 2.71. The Morgan fingerprint density at radius 2 is 2.25 bits per heavy atom. The molecule has 0 aliphatic carbocycles. The second kappa shape index (κ2) is 4.77. The Bertz CT molecular complexity index is 360. The smallest absolute Gasteiger partial charge is 0.0387 e. The van der Waals surface area contributed by atoms with Crippen molar-refractivity contribution < 1.29 is 0 Å². The van der Waals surface area contributed by atoms with E-state index in [-0.39, 0.29) is 0 Å². The van der Waals surface area contributed by atoms with Gasteiger partial charge in [-0.2, -0.15) is 0 Å². The number of nitrogen functional groups attached to an aromatic ring is 1. The third kappa shape index (κ3) is 2.31. The van der Waals surface area contributed by atoms with E-state index in [0.717, 1.165) is 11.6 Å². The van der Waals surface area contributed by atoms with Crippen LogP contribution in [0.25, 0.3) is 0 Å². The predicted octanol–water partition coefficient (Wildman–Crippen LogP) is 3.20. The van der Waals surface area contributed by atoms with Gasteiger partial charge in [0.25, 0.3) is 0 Å². The average molecular weight is 218 g/mol. The molecule has 0 amide bonds. The monoisotopic (exact) mass is 218 g/mol. The van der Waals surface area contributed by atoms with E-state index in [1.165, 1.54) is 43.6 Å². The van der Waals surface area contributed by atoms with Gasteiger partial charge in [0.2, 0.25) is 0 Å². The van der Waals surface area contributed by atoms with Crippen LogP contribution >= 0.6 is 0 Å². The van der Waals surface area contributed by atoms with Crippen molar-refractivity contribution in [3.63, 3.8) is 0 Å². The second-order valence-corrected chi connectivity index (χ2v) is 4.93. The van der Waals surface area contributed by atoms with E-state index in [9.17, 15) is 0 Å². The van der Waals surface area contributed by atoms with Crippen molar-refractivity contribution in [2.75, 3.05) is 23.7 Å². The van der Waals surface area contributed by atoms with Gasteiger partial charge in [-0.25, -0.2) is 0 Å². The van der Waals surface area contributed by atoms with Gasteiger partial charge in [-0.3, -0.25) is 0 Å². The molecule has 2 N–H and O–H groups in total. The summed E-state index contributed by atoms with van der Waals surface area (Å²) in [6, 6.07) is 6.43. The molecule has 1 unspecified atom stereocenters. The standard InChI is InChI=1S/C14H22N2/c1-3-4-12-7-8-16(10-12)13-6-5-11(2)14(15)9-13/h5-6,9,12H,3-4,7-8,10,15H2,1-2H3. The van der Waals surface area contributed by atoms with Crippen LogP contribution in [-0.2, 0) is 0 Å². The summed E-state index contributed by atoms with van der Waals surface area (Å²) in [6.45, 7) is 6.72. The normalized spacial score (nSPS) is 20.4. The molecule has 0 aromatic heterocycles. The first-order chi connectivity index (χ1) is 7.70. The molecule has 88 valence electrons. The highest BCUT2D eigenvalue weighted by Crippen LogP contribution is 2.28. The molecule has 0 saturated carbocycles. The van der Waals surface area contributed by atoms with Crippen molar-refractivity contribution in [2.45, 2.75) is 33.1 Å². The first-order valence-corrected chi connectivity index (χ1v) is 6.31. The maximum absolute atomic E-state index is 5.95. The number of nitrogens with zero attached hydrogens (tertiary/aromatic N) is 1. The molecular formula is C14H22N2. The van der Waals surface area contributed by atoms with Crippen molar-refractivity contribution in [1.82, 2.24) is 0 Å². The van der Waals surface area contributed by atoms with Crippen LogP contribution in [0, 0.1) is 12.8 Å². The van der Waals surface area contributed by atoms with Gasteiger partial charge in [-0.15, -0.1) is 0 Å². The molecule has 1 heterocycles. The maximum atomic E-state index is 5.95. The zero-order valence-electron chi connectivity index (χ0n) is 10.4. The summed E-state index contributed by atoms with van der Waals surface area (Å²) >= 11 is 0. The van der Waals surface area contributed by atoms with Gasteiger partial charge in [0.15, 0.2) is 0 Å². The Kier molecular flexibility index (Phi) is 3.37. The predicted molar refractivity (Wildman–Crippen MR) is 70.8 cm³/mol.